The molecule has 0 bridgehead atoms. The van der Waals surface area contributed by atoms with Crippen LogP contribution < -0.4 is 19.2 Å². The van der Waals surface area contributed by atoms with E-state index in [1.165, 1.54) is 17.6 Å². The van der Waals surface area contributed by atoms with Crippen molar-refractivity contribution in [2.24, 2.45) is 5.10 Å². The molecule has 0 aromatic heterocycles. The normalized spacial score (nSPS) is 11.3. The first-order valence-corrected chi connectivity index (χ1v) is 14.0. The number of halogens is 1. The number of hydrogen-bond donors (Lipinski definition) is 1. The van der Waals surface area contributed by atoms with Gasteiger partial charge < -0.3 is 9.47 Å². The molecule has 0 saturated carbocycles. The summed E-state index contributed by atoms with van der Waals surface area (Å²) in [5.41, 5.74) is 5.02. The van der Waals surface area contributed by atoms with Crippen LogP contribution >= 0.6 is 11.6 Å². The summed E-state index contributed by atoms with van der Waals surface area (Å²) in [6.07, 6.45) is 1.43. The van der Waals surface area contributed by atoms with Gasteiger partial charge in [0.15, 0.2) is 0 Å². The van der Waals surface area contributed by atoms with Crippen molar-refractivity contribution in [1.82, 2.24) is 5.43 Å². The first-order chi connectivity index (χ1) is 19.2. The number of nitrogens with one attached hydrogen (secondary N) is 1. The van der Waals surface area contributed by atoms with Crippen LogP contribution in [0.25, 0.3) is 0 Å². The van der Waals surface area contributed by atoms with E-state index in [1.807, 2.05) is 6.92 Å². The highest BCUT2D eigenvalue weighted by Crippen LogP contribution is 2.30. The van der Waals surface area contributed by atoms with Gasteiger partial charge in [0.05, 0.1) is 43.1 Å². The molecule has 0 fully saturated rings. The van der Waals surface area contributed by atoms with E-state index < -0.39 is 15.9 Å². The van der Waals surface area contributed by atoms with Gasteiger partial charge in [-0.25, -0.2) is 13.8 Å². The van der Waals surface area contributed by atoms with Gasteiger partial charge in [0, 0.05) is 10.6 Å². The molecule has 40 heavy (non-hydrogen) atoms. The van der Waals surface area contributed by atoms with Crippen molar-refractivity contribution >= 4 is 39.4 Å². The summed E-state index contributed by atoms with van der Waals surface area (Å²) in [5.74, 6) is 0.546. The van der Waals surface area contributed by atoms with Gasteiger partial charge in [0.1, 0.15) is 11.5 Å². The zero-order valence-corrected chi connectivity index (χ0v) is 23.7. The molecule has 0 heterocycles. The van der Waals surface area contributed by atoms with Gasteiger partial charge in [0.2, 0.25) is 0 Å². The molecule has 0 unspecified atom stereocenters. The molecule has 206 valence electrons. The molecule has 8 nitrogen and oxygen atoms in total. The van der Waals surface area contributed by atoms with Gasteiger partial charge in [0.25, 0.3) is 15.9 Å². The number of sulfonamides is 1. The SMILES string of the molecule is COc1ccc(OC)c(/C=N/NC(=O)c2ccccc2N(Cc2ccc(Cl)cc2)S(=O)(=O)c2ccc(C)cc2)c1. The Morgan fingerprint density at radius 3 is 2.33 bits per heavy atom. The van der Waals surface area contributed by atoms with Gasteiger partial charge in [-0.3, -0.25) is 9.10 Å². The highest BCUT2D eigenvalue weighted by molar-refractivity contribution is 7.92. The third kappa shape index (κ3) is 6.62. The Labute approximate surface area is 238 Å². The van der Waals surface area contributed by atoms with E-state index in [4.69, 9.17) is 21.1 Å². The van der Waals surface area contributed by atoms with Gasteiger partial charge in [-0.05, 0) is 67.1 Å². The zero-order valence-electron chi connectivity index (χ0n) is 22.2. The number of nitrogens with zero attached hydrogens (tertiary/aromatic N) is 2. The quantitative estimate of drug-likeness (QED) is 0.189. The van der Waals surface area contributed by atoms with Crippen molar-refractivity contribution < 1.29 is 22.7 Å². The summed E-state index contributed by atoms with van der Waals surface area (Å²) in [7, 11) is -0.995. The molecule has 0 radical (unpaired) electrons. The zero-order chi connectivity index (χ0) is 28.7. The number of hydrogen-bond acceptors (Lipinski definition) is 6. The van der Waals surface area contributed by atoms with Crippen LogP contribution in [0.15, 0.2) is 101 Å². The summed E-state index contributed by atoms with van der Waals surface area (Å²) in [6, 6.07) is 25.1. The largest absolute Gasteiger partial charge is 0.497 e. The molecule has 0 atom stereocenters. The summed E-state index contributed by atoms with van der Waals surface area (Å²) < 4.78 is 39.7. The molecule has 4 aromatic carbocycles. The fourth-order valence-electron chi connectivity index (χ4n) is 3.94. The minimum Gasteiger partial charge on any atom is -0.497 e. The van der Waals surface area contributed by atoms with E-state index >= 15 is 0 Å². The molecular weight excluding hydrogens is 550 g/mol. The lowest BCUT2D eigenvalue weighted by molar-refractivity contribution is 0.0955. The first-order valence-electron chi connectivity index (χ1n) is 12.2. The molecule has 0 aliphatic heterocycles. The number of carbonyl (C=O) groups excluding carboxylic acids is 1. The van der Waals surface area contributed by atoms with Crippen LogP contribution in [0.5, 0.6) is 11.5 Å². The monoisotopic (exact) mass is 577 g/mol. The van der Waals surface area contributed by atoms with Crippen molar-refractivity contribution in [3.05, 3.63) is 118 Å². The third-order valence-corrected chi connectivity index (χ3v) is 8.10. The van der Waals surface area contributed by atoms with Gasteiger partial charge in [-0.2, -0.15) is 5.10 Å². The molecular formula is C30H28ClN3O5S. The van der Waals surface area contributed by atoms with Crippen molar-refractivity contribution in [3.8, 4) is 11.5 Å². The number of aryl methyl sites for hydroxylation is 1. The molecule has 4 rings (SSSR count). The topological polar surface area (TPSA) is 97.3 Å². The summed E-state index contributed by atoms with van der Waals surface area (Å²) in [5, 5.41) is 4.61. The molecule has 1 N–H and O–H groups in total. The smallest absolute Gasteiger partial charge is 0.273 e. The molecule has 1 amide bonds. The van der Waals surface area contributed by atoms with E-state index in [9.17, 15) is 13.2 Å². The van der Waals surface area contributed by atoms with E-state index in [1.54, 1.807) is 98.1 Å². The summed E-state index contributed by atoms with van der Waals surface area (Å²) in [6.45, 7) is 1.85. The number of ether oxygens (including phenoxy) is 2. The Balaban J connectivity index is 1.70. The van der Waals surface area contributed by atoms with Crippen LogP contribution in [0.3, 0.4) is 0 Å². The maximum absolute atomic E-state index is 13.9. The van der Waals surface area contributed by atoms with Gasteiger partial charge in [-0.1, -0.05) is 53.6 Å². The number of para-hydroxylation sites is 1. The minimum absolute atomic E-state index is 0.0258. The summed E-state index contributed by atoms with van der Waals surface area (Å²) in [4.78, 5) is 13.4. The van der Waals surface area contributed by atoms with Crippen molar-refractivity contribution in [2.75, 3.05) is 18.5 Å². The fourth-order valence-corrected chi connectivity index (χ4v) is 5.53. The average molecular weight is 578 g/mol. The van der Waals surface area contributed by atoms with Crippen molar-refractivity contribution in [1.29, 1.82) is 0 Å². The highest BCUT2D eigenvalue weighted by Gasteiger charge is 2.28. The van der Waals surface area contributed by atoms with E-state index in [2.05, 4.69) is 10.5 Å². The van der Waals surface area contributed by atoms with E-state index in [0.29, 0.717) is 27.6 Å². The number of amides is 1. The number of benzene rings is 4. The van der Waals surface area contributed by atoms with E-state index in [-0.39, 0.29) is 22.7 Å². The van der Waals surface area contributed by atoms with E-state index in [0.717, 1.165) is 5.56 Å². The Morgan fingerprint density at radius 1 is 0.950 bits per heavy atom. The lowest BCUT2D eigenvalue weighted by atomic mass is 10.1. The second-order valence-electron chi connectivity index (χ2n) is 8.78. The lowest BCUT2D eigenvalue weighted by Crippen LogP contribution is -2.33. The average Bonchev–Trinajstić information content (AvgIpc) is 2.96. The van der Waals surface area contributed by atoms with Crippen LogP contribution in [-0.4, -0.2) is 34.8 Å². The van der Waals surface area contributed by atoms with Crippen LogP contribution in [0, 0.1) is 6.92 Å². The van der Waals surface area contributed by atoms with Crippen LogP contribution in [0.4, 0.5) is 5.69 Å². The van der Waals surface area contributed by atoms with Crippen LogP contribution in [-0.2, 0) is 16.6 Å². The molecule has 10 heteroatoms. The Hall–Kier alpha value is -4.34. The standard InChI is InChI=1S/C30H28ClN3O5S/c1-21-8-15-26(16-9-21)40(36,37)34(20-22-10-12-24(31)13-11-22)28-7-5-4-6-27(28)30(35)33-32-19-23-18-25(38-2)14-17-29(23)39-3/h4-19H,20H2,1-3H3,(H,33,35)/b32-19+. The second kappa shape index (κ2) is 12.7. The van der Waals surface area contributed by atoms with Crippen LogP contribution in [0.1, 0.15) is 27.0 Å². The van der Waals surface area contributed by atoms with Crippen LogP contribution in [0.2, 0.25) is 5.02 Å². The second-order valence-corrected chi connectivity index (χ2v) is 11.1. The maximum atomic E-state index is 13.9. The first kappa shape index (κ1) is 28.7. The number of hydrazone groups is 1. The van der Waals surface area contributed by atoms with Crippen molar-refractivity contribution in [2.45, 2.75) is 18.4 Å². The Morgan fingerprint density at radius 2 is 1.65 bits per heavy atom. The molecule has 0 spiro atoms. The molecule has 0 aliphatic rings. The Bertz CT molecular complexity index is 1620. The summed E-state index contributed by atoms with van der Waals surface area (Å²) >= 11 is 6.05. The Kier molecular flexibility index (Phi) is 9.08. The number of anilines is 1. The maximum Gasteiger partial charge on any atom is 0.273 e. The third-order valence-electron chi connectivity index (χ3n) is 6.07. The predicted molar refractivity (Wildman–Crippen MR) is 157 cm³/mol. The fraction of sp³-hybridized carbons (Fsp3) is 0.133. The number of methoxy groups -OCH3 is 2. The molecule has 0 aliphatic carbocycles. The number of rotatable bonds is 10. The van der Waals surface area contributed by atoms with Crippen molar-refractivity contribution in [3.63, 3.8) is 0 Å². The number of carbonyl (C=O) groups is 1. The lowest BCUT2D eigenvalue weighted by Gasteiger charge is -2.26. The van der Waals surface area contributed by atoms with Gasteiger partial charge in [-0.15, -0.1) is 0 Å². The predicted octanol–water partition coefficient (Wildman–Crippen LogP) is 5.83. The molecule has 4 aromatic rings. The minimum atomic E-state index is -4.06. The highest BCUT2D eigenvalue weighted by atomic mass is 35.5. The van der Waals surface area contributed by atoms with Gasteiger partial charge >= 0.3 is 0 Å². The molecule has 0 saturated heterocycles.